The number of nitrogens with one attached hydrogen (secondary N) is 3. The maximum Gasteiger partial charge on any atom is 0.319 e. The molecule has 1 aromatic carbocycles. The Morgan fingerprint density at radius 2 is 2.08 bits per heavy atom. The number of urea groups is 1. The fraction of sp³-hybridized carbons (Fsp3) is 0.579. The van der Waals surface area contributed by atoms with Crippen molar-refractivity contribution in [2.24, 2.45) is 5.92 Å². The van der Waals surface area contributed by atoms with Gasteiger partial charge in [-0.3, -0.25) is 9.69 Å². The van der Waals surface area contributed by atoms with Crippen molar-refractivity contribution in [3.05, 3.63) is 23.8 Å². The first-order valence-electron chi connectivity index (χ1n) is 9.02. The zero-order valence-corrected chi connectivity index (χ0v) is 15.7. The fourth-order valence-electron chi connectivity index (χ4n) is 3.19. The fourth-order valence-corrected chi connectivity index (χ4v) is 3.19. The van der Waals surface area contributed by atoms with E-state index < -0.39 is 0 Å². The van der Waals surface area contributed by atoms with Crippen LogP contribution in [0.1, 0.15) is 39.2 Å². The molecule has 1 fully saturated rings. The first kappa shape index (κ1) is 19.2. The quantitative estimate of drug-likeness (QED) is 0.766. The van der Waals surface area contributed by atoms with E-state index >= 15 is 0 Å². The molecule has 6 heteroatoms. The van der Waals surface area contributed by atoms with E-state index in [1.165, 1.54) is 19.8 Å². The Morgan fingerprint density at radius 1 is 1.32 bits per heavy atom. The van der Waals surface area contributed by atoms with Crippen molar-refractivity contribution in [3.8, 4) is 0 Å². The summed E-state index contributed by atoms with van der Waals surface area (Å²) in [6, 6.07) is 5.57. The van der Waals surface area contributed by atoms with E-state index in [1.54, 1.807) is 6.07 Å². The van der Waals surface area contributed by atoms with Gasteiger partial charge in [0.15, 0.2) is 0 Å². The van der Waals surface area contributed by atoms with Crippen molar-refractivity contribution >= 4 is 23.3 Å². The number of carbonyl (C=O) groups is 2. The van der Waals surface area contributed by atoms with Crippen LogP contribution in [0.25, 0.3) is 0 Å². The standard InChI is InChI=1S/C19H30N4O2/c1-13-6-5-9-23(12-13)15(3)11-20-19(25)22-17-8-7-14(2)18(10-17)21-16(4)24/h7-8,10,13,15H,5-6,9,11-12H2,1-4H3,(H,21,24)(H2,20,22,25). The third-order valence-corrected chi connectivity index (χ3v) is 4.68. The van der Waals surface area contributed by atoms with E-state index in [-0.39, 0.29) is 11.9 Å². The second-order valence-corrected chi connectivity index (χ2v) is 7.14. The molecule has 1 aliphatic rings. The molecule has 2 unspecified atom stereocenters. The second-order valence-electron chi connectivity index (χ2n) is 7.14. The Hall–Kier alpha value is -2.08. The number of hydrogen-bond acceptors (Lipinski definition) is 3. The molecule has 138 valence electrons. The summed E-state index contributed by atoms with van der Waals surface area (Å²) in [7, 11) is 0. The van der Waals surface area contributed by atoms with Crippen LogP contribution in [0.2, 0.25) is 0 Å². The Labute approximate surface area is 150 Å². The summed E-state index contributed by atoms with van der Waals surface area (Å²) in [5, 5.41) is 8.54. The summed E-state index contributed by atoms with van der Waals surface area (Å²) in [4.78, 5) is 25.8. The number of anilines is 2. The van der Waals surface area contributed by atoms with E-state index in [9.17, 15) is 9.59 Å². The van der Waals surface area contributed by atoms with Gasteiger partial charge < -0.3 is 16.0 Å². The minimum Gasteiger partial charge on any atom is -0.336 e. The van der Waals surface area contributed by atoms with Gasteiger partial charge in [0, 0.05) is 37.4 Å². The average Bonchev–Trinajstić information content (AvgIpc) is 2.55. The molecule has 3 amide bonds. The van der Waals surface area contributed by atoms with Gasteiger partial charge in [-0.2, -0.15) is 0 Å². The highest BCUT2D eigenvalue weighted by atomic mass is 16.2. The molecule has 6 nitrogen and oxygen atoms in total. The SMILES string of the molecule is CC(=O)Nc1cc(NC(=O)NCC(C)N2CCCC(C)C2)ccc1C. The number of likely N-dealkylation sites (tertiary alicyclic amines) is 1. The van der Waals surface area contributed by atoms with Gasteiger partial charge in [-0.05, 0) is 56.8 Å². The highest BCUT2D eigenvalue weighted by Gasteiger charge is 2.21. The van der Waals surface area contributed by atoms with Crippen LogP contribution in [0.15, 0.2) is 18.2 Å². The third kappa shape index (κ3) is 6.05. The molecule has 25 heavy (non-hydrogen) atoms. The molecule has 1 aromatic rings. The largest absolute Gasteiger partial charge is 0.336 e. The van der Waals surface area contributed by atoms with Crippen LogP contribution >= 0.6 is 0 Å². The number of hydrogen-bond donors (Lipinski definition) is 3. The lowest BCUT2D eigenvalue weighted by Crippen LogP contribution is -2.47. The molecule has 0 bridgehead atoms. The number of nitrogens with zero attached hydrogens (tertiary/aromatic N) is 1. The molecular formula is C19H30N4O2. The van der Waals surface area contributed by atoms with Crippen molar-refractivity contribution in [1.29, 1.82) is 0 Å². The monoisotopic (exact) mass is 346 g/mol. The van der Waals surface area contributed by atoms with Crippen LogP contribution < -0.4 is 16.0 Å². The van der Waals surface area contributed by atoms with E-state index in [2.05, 4.69) is 34.7 Å². The lowest BCUT2D eigenvalue weighted by molar-refractivity contribution is -0.114. The smallest absolute Gasteiger partial charge is 0.319 e. The zero-order valence-electron chi connectivity index (χ0n) is 15.7. The molecule has 2 atom stereocenters. The van der Waals surface area contributed by atoms with E-state index in [0.717, 1.165) is 24.6 Å². The Bertz CT molecular complexity index is 617. The van der Waals surface area contributed by atoms with E-state index in [0.29, 0.717) is 24.0 Å². The minimum absolute atomic E-state index is 0.130. The van der Waals surface area contributed by atoms with Gasteiger partial charge in [0.1, 0.15) is 0 Å². The molecule has 0 aromatic heterocycles. The van der Waals surface area contributed by atoms with Crippen molar-refractivity contribution in [3.63, 3.8) is 0 Å². The Balaban J connectivity index is 1.84. The summed E-state index contributed by atoms with van der Waals surface area (Å²) in [5.41, 5.74) is 2.32. The van der Waals surface area contributed by atoms with E-state index in [1.807, 2.05) is 19.1 Å². The van der Waals surface area contributed by atoms with Gasteiger partial charge in [-0.25, -0.2) is 4.79 Å². The molecule has 2 rings (SSSR count). The Kier molecular flexibility index (Phi) is 6.82. The number of benzene rings is 1. The van der Waals surface area contributed by atoms with Crippen LogP contribution in [-0.4, -0.2) is 42.5 Å². The van der Waals surface area contributed by atoms with Crippen molar-refractivity contribution in [2.45, 2.75) is 46.6 Å². The van der Waals surface area contributed by atoms with Crippen LogP contribution in [0, 0.1) is 12.8 Å². The molecule has 0 saturated carbocycles. The maximum atomic E-state index is 12.2. The van der Waals surface area contributed by atoms with Gasteiger partial charge in [0.25, 0.3) is 0 Å². The first-order valence-corrected chi connectivity index (χ1v) is 9.02. The lowest BCUT2D eigenvalue weighted by Gasteiger charge is -2.35. The minimum atomic E-state index is -0.227. The maximum absolute atomic E-state index is 12.2. The van der Waals surface area contributed by atoms with Crippen LogP contribution in [0.4, 0.5) is 16.2 Å². The van der Waals surface area contributed by atoms with Crippen LogP contribution in [0.5, 0.6) is 0 Å². The first-order chi connectivity index (χ1) is 11.8. The van der Waals surface area contributed by atoms with Crippen LogP contribution in [-0.2, 0) is 4.79 Å². The number of piperidine rings is 1. The highest BCUT2D eigenvalue weighted by molar-refractivity contribution is 5.93. The predicted molar refractivity (Wildman–Crippen MR) is 102 cm³/mol. The average molecular weight is 346 g/mol. The normalized spacial score (nSPS) is 19.1. The van der Waals surface area contributed by atoms with Gasteiger partial charge >= 0.3 is 6.03 Å². The lowest BCUT2D eigenvalue weighted by atomic mass is 9.99. The number of carbonyl (C=O) groups excluding carboxylic acids is 2. The molecular weight excluding hydrogens is 316 g/mol. The molecule has 3 N–H and O–H groups in total. The predicted octanol–water partition coefficient (Wildman–Crippen LogP) is 3.20. The number of aryl methyl sites for hydroxylation is 1. The van der Waals surface area contributed by atoms with E-state index in [4.69, 9.17) is 0 Å². The molecule has 1 aliphatic heterocycles. The summed E-state index contributed by atoms with van der Waals surface area (Å²) < 4.78 is 0. The highest BCUT2D eigenvalue weighted by Crippen LogP contribution is 2.20. The van der Waals surface area contributed by atoms with Gasteiger partial charge in [0.2, 0.25) is 5.91 Å². The summed E-state index contributed by atoms with van der Waals surface area (Å²) in [5.74, 6) is 0.596. The number of rotatable bonds is 5. The van der Waals surface area contributed by atoms with Crippen molar-refractivity contribution < 1.29 is 9.59 Å². The molecule has 0 aliphatic carbocycles. The topological polar surface area (TPSA) is 73.5 Å². The summed E-state index contributed by atoms with van der Waals surface area (Å²) in [6.07, 6.45) is 2.52. The third-order valence-electron chi connectivity index (χ3n) is 4.68. The number of amides is 3. The van der Waals surface area contributed by atoms with Crippen molar-refractivity contribution in [1.82, 2.24) is 10.2 Å². The molecule has 0 radical (unpaired) electrons. The Morgan fingerprint density at radius 3 is 2.76 bits per heavy atom. The summed E-state index contributed by atoms with van der Waals surface area (Å²) in [6.45, 7) is 10.6. The van der Waals surface area contributed by atoms with Crippen LogP contribution in [0.3, 0.4) is 0 Å². The van der Waals surface area contributed by atoms with Gasteiger partial charge in [0.05, 0.1) is 0 Å². The second kappa shape index (κ2) is 8.85. The molecule has 1 saturated heterocycles. The molecule has 1 heterocycles. The van der Waals surface area contributed by atoms with Gasteiger partial charge in [-0.1, -0.05) is 13.0 Å². The zero-order chi connectivity index (χ0) is 18.4. The molecule has 0 spiro atoms. The summed E-state index contributed by atoms with van der Waals surface area (Å²) >= 11 is 0. The van der Waals surface area contributed by atoms with Crippen molar-refractivity contribution in [2.75, 3.05) is 30.3 Å². The van der Waals surface area contributed by atoms with Gasteiger partial charge in [-0.15, -0.1) is 0 Å².